The first-order chi connectivity index (χ1) is 12.6. The monoisotopic (exact) mass is 418 g/mol. The molecule has 148 valence electrons. The molecule has 1 aromatic carbocycles. The highest BCUT2D eigenvalue weighted by Gasteiger charge is 2.27. The molecule has 0 spiro atoms. The Balaban J connectivity index is 2.17. The summed E-state index contributed by atoms with van der Waals surface area (Å²) < 4.78 is 52.7. The third-order valence-electron chi connectivity index (χ3n) is 3.51. The Morgan fingerprint density at radius 2 is 1.81 bits per heavy atom. The average Bonchev–Trinajstić information content (AvgIpc) is 3.02. The van der Waals surface area contributed by atoms with Crippen LogP contribution in [-0.4, -0.2) is 30.6 Å². The zero-order chi connectivity index (χ0) is 20.2. The number of carbonyl (C=O) groups is 1. The molecule has 1 heterocycles. The molecular formula is C16H20F2N4O3S2. The van der Waals surface area contributed by atoms with Gasteiger partial charge in [0.1, 0.15) is 6.04 Å². The van der Waals surface area contributed by atoms with E-state index in [2.05, 4.69) is 20.2 Å². The number of benzene rings is 1. The molecule has 0 radical (unpaired) electrons. The molecule has 0 bridgehead atoms. The third-order valence-corrected chi connectivity index (χ3v) is 5.84. The van der Waals surface area contributed by atoms with Crippen molar-refractivity contribution >= 4 is 32.4 Å². The van der Waals surface area contributed by atoms with Crippen LogP contribution in [0.25, 0.3) is 0 Å². The summed E-state index contributed by atoms with van der Waals surface area (Å²) in [6.07, 6.45) is -2.57. The fourth-order valence-corrected chi connectivity index (χ4v) is 4.03. The Bertz CT molecular complexity index is 883. The van der Waals surface area contributed by atoms with Crippen LogP contribution in [0.1, 0.15) is 37.3 Å². The van der Waals surface area contributed by atoms with Crippen LogP contribution in [0.2, 0.25) is 0 Å². The lowest BCUT2D eigenvalue weighted by molar-refractivity contribution is -0.118. The number of nitrogens with one attached hydrogen (secondary N) is 2. The first-order valence-electron chi connectivity index (χ1n) is 8.10. The van der Waals surface area contributed by atoms with E-state index in [-0.39, 0.29) is 22.4 Å². The molecule has 0 aliphatic carbocycles. The van der Waals surface area contributed by atoms with Crippen LogP contribution >= 0.6 is 11.3 Å². The second kappa shape index (κ2) is 8.81. The number of hydrogen-bond acceptors (Lipinski definition) is 6. The summed E-state index contributed by atoms with van der Waals surface area (Å²) >= 11 is 0.540. The van der Waals surface area contributed by atoms with Crippen molar-refractivity contribution in [2.45, 2.75) is 44.6 Å². The molecule has 27 heavy (non-hydrogen) atoms. The molecule has 2 rings (SSSR count). The van der Waals surface area contributed by atoms with E-state index in [1.807, 2.05) is 20.8 Å². The van der Waals surface area contributed by atoms with E-state index in [0.717, 1.165) is 5.56 Å². The number of rotatable bonds is 8. The topological polar surface area (TPSA) is 101 Å². The fourth-order valence-electron chi connectivity index (χ4n) is 2.22. The lowest BCUT2D eigenvalue weighted by Gasteiger charge is -2.19. The van der Waals surface area contributed by atoms with Gasteiger partial charge in [0.2, 0.25) is 21.1 Å². The van der Waals surface area contributed by atoms with E-state index in [0.29, 0.717) is 11.3 Å². The van der Waals surface area contributed by atoms with E-state index in [9.17, 15) is 22.0 Å². The molecule has 11 heteroatoms. The SMILES string of the molecule is Cc1ccc(S(=O)(=O)NC(CC(C)C)C(=O)Nc2nnc(C(F)F)s2)cc1. The van der Waals surface area contributed by atoms with Gasteiger partial charge < -0.3 is 0 Å². The summed E-state index contributed by atoms with van der Waals surface area (Å²) in [6.45, 7) is 5.50. The highest BCUT2D eigenvalue weighted by molar-refractivity contribution is 7.89. The number of aryl methyl sites for hydroxylation is 1. The van der Waals surface area contributed by atoms with Crippen molar-refractivity contribution in [1.29, 1.82) is 0 Å². The van der Waals surface area contributed by atoms with Crippen LogP contribution in [0.5, 0.6) is 0 Å². The zero-order valence-electron chi connectivity index (χ0n) is 14.9. The van der Waals surface area contributed by atoms with Gasteiger partial charge in [-0.25, -0.2) is 17.2 Å². The van der Waals surface area contributed by atoms with Crippen LogP contribution in [0.3, 0.4) is 0 Å². The Morgan fingerprint density at radius 3 is 2.33 bits per heavy atom. The number of anilines is 1. The Kier molecular flexibility index (Phi) is 6.95. The number of aromatic nitrogens is 2. The summed E-state index contributed by atoms with van der Waals surface area (Å²) in [5, 5.41) is 8.48. The van der Waals surface area contributed by atoms with Gasteiger partial charge in [-0.1, -0.05) is 42.9 Å². The van der Waals surface area contributed by atoms with Gasteiger partial charge in [-0.15, -0.1) is 10.2 Å². The minimum absolute atomic E-state index is 0.00696. The first-order valence-corrected chi connectivity index (χ1v) is 10.4. The number of carbonyl (C=O) groups excluding carboxylic acids is 1. The predicted octanol–water partition coefficient (Wildman–Crippen LogP) is 3.12. The number of alkyl halides is 2. The number of halogens is 2. The Morgan fingerprint density at radius 1 is 1.19 bits per heavy atom. The largest absolute Gasteiger partial charge is 0.299 e. The van der Waals surface area contributed by atoms with Crippen molar-refractivity contribution < 1.29 is 22.0 Å². The number of nitrogens with zero attached hydrogens (tertiary/aromatic N) is 2. The van der Waals surface area contributed by atoms with Crippen LogP contribution in [0.15, 0.2) is 29.2 Å². The molecule has 1 amide bonds. The van der Waals surface area contributed by atoms with Gasteiger partial charge in [-0.05, 0) is 31.4 Å². The van der Waals surface area contributed by atoms with Crippen molar-refractivity contribution in [1.82, 2.24) is 14.9 Å². The summed E-state index contributed by atoms with van der Waals surface area (Å²) in [5.74, 6) is -0.677. The van der Waals surface area contributed by atoms with Gasteiger partial charge in [0, 0.05) is 0 Å². The first kappa shape index (κ1) is 21.3. The second-order valence-electron chi connectivity index (χ2n) is 6.35. The fraction of sp³-hybridized carbons (Fsp3) is 0.438. The van der Waals surface area contributed by atoms with Crippen LogP contribution in [0, 0.1) is 12.8 Å². The van der Waals surface area contributed by atoms with Crippen LogP contribution in [0.4, 0.5) is 13.9 Å². The maximum Gasteiger partial charge on any atom is 0.291 e. The van der Waals surface area contributed by atoms with Gasteiger partial charge >= 0.3 is 0 Å². The smallest absolute Gasteiger partial charge is 0.291 e. The second-order valence-corrected chi connectivity index (χ2v) is 9.07. The molecule has 1 atom stereocenters. The lowest BCUT2D eigenvalue weighted by Crippen LogP contribution is -2.44. The normalized spacial score (nSPS) is 13.1. The highest BCUT2D eigenvalue weighted by atomic mass is 32.2. The average molecular weight is 418 g/mol. The van der Waals surface area contributed by atoms with Crippen LogP contribution < -0.4 is 10.0 Å². The lowest BCUT2D eigenvalue weighted by atomic mass is 10.0. The summed E-state index contributed by atoms with van der Waals surface area (Å²) in [6, 6.07) is 5.11. The Labute approximate surface area is 160 Å². The quantitative estimate of drug-likeness (QED) is 0.686. The molecule has 0 aliphatic rings. The molecule has 7 nitrogen and oxygen atoms in total. The summed E-state index contributed by atoms with van der Waals surface area (Å²) in [7, 11) is -3.93. The molecule has 2 N–H and O–H groups in total. The van der Waals surface area contributed by atoms with E-state index in [1.165, 1.54) is 12.1 Å². The van der Waals surface area contributed by atoms with Crippen LogP contribution in [-0.2, 0) is 14.8 Å². The predicted molar refractivity (Wildman–Crippen MR) is 98.2 cm³/mol. The van der Waals surface area contributed by atoms with Gasteiger partial charge in [0.25, 0.3) is 6.43 Å². The molecule has 0 fully saturated rings. The van der Waals surface area contributed by atoms with Gasteiger partial charge in [-0.3, -0.25) is 10.1 Å². The summed E-state index contributed by atoms with van der Waals surface area (Å²) in [5.41, 5.74) is 0.900. The van der Waals surface area contributed by atoms with E-state index in [1.54, 1.807) is 12.1 Å². The van der Waals surface area contributed by atoms with E-state index in [4.69, 9.17) is 0 Å². The minimum Gasteiger partial charge on any atom is -0.299 e. The zero-order valence-corrected chi connectivity index (χ0v) is 16.6. The third kappa shape index (κ3) is 6.01. The standard InChI is InChI=1S/C16H20F2N4O3S2/c1-9(2)8-12(14(23)19-16-21-20-15(26-16)13(17)18)22-27(24,25)11-6-4-10(3)5-7-11/h4-7,9,12-13,22H,8H2,1-3H3,(H,19,21,23). The van der Waals surface area contributed by atoms with Gasteiger partial charge in [0.05, 0.1) is 4.90 Å². The maximum absolute atomic E-state index is 12.6. The minimum atomic E-state index is -3.93. The molecular weight excluding hydrogens is 398 g/mol. The Hall–Kier alpha value is -1.98. The van der Waals surface area contributed by atoms with E-state index < -0.39 is 33.4 Å². The molecule has 0 saturated heterocycles. The summed E-state index contributed by atoms with van der Waals surface area (Å²) in [4.78, 5) is 12.5. The molecule has 1 unspecified atom stereocenters. The molecule has 0 saturated carbocycles. The van der Waals surface area contributed by atoms with Crippen molar-refractivity contribution in [2.24, 2.45) is 5.92 Å². The van der Waals surface area contributed by atoms with Crippen molar-refractivity contribution in [2.75, 3.05) is 5.32 Å². The highest BCUT2D eigenvalue weighted by Crippen LogP contribution is 2.25. The van der Waals surface area contributed by atoms with E-state index >= 15 is 0 Å². The van der Waals surface area contributed by atoms with Gasteiger partial charge in [-0.2, -0.15) is 4.72 Å². The maximum atomic E-state index is 12.6. The molecule has 0 aliphatic heterocycles. The molecule has 1 aromatic heterocycles. The molecule has 2 aromatic rings. The number of sulfonamides is 1. The van der Waals surface area contributed by atoms with Crippen molar-refractivity contribution in [3.63, 3.8) is 0 Å². The van der Waals surface area contributed by atoms with Crippen molar-refractivity contribution in [3.05, 3.63) is 34.8 Å². The number of hydrogen-bond donors (Lipinski definition) is 2. The van der Waals surface area contributed by atoms with Gasteiger partial charge in [0.15, 0.2) is 5.01 Å². The van der Waals surface area contributed by atoms with Crippen molar-refractivity contribution in [3.8, 4) is 0 Å². The number of amides is 1.